The number of aryl methyl sites for hydroxylation is 2. The van der Waals surface area contributed by atoms with E-state index in [2.05, 4.69) is 35.4 Å². The molecule has 1 saturated heterocycles. The van der Waals surface area contributed by atoms with Crippen molar-refractivity contribution in [2.45, 2.75) is 39.7 Å². The average Bonchev–Trinajstić information content (AvgIpc) is 2.97. The highest BCUT2D eigenvalue weighted by Gasteiger charge is 2.25. The van der Waals surface area contributed by atoms with Gasteiger partial charge >= 0.3 is 0 Å². The molecule has 0 radical (unpaired) electrons. The molecule has 1 aromatic heterocycles. The third kappa shape index (κ3) is 3.63. The van der Waals surface area contributed by atoms with Crippen LogP contribution in [0, 0.1) is 12.8 Å². The van der Waals surface area contributed by atoms with Crippen molar-refractivity contribution in [2.24, 2.45) is 5.92 Å². The van der Waals surface area contributed by atoms with Gasteiger partial charge < -0.3 is 4.90 Å². The normalized spacial score (nSPS) is 15.8. The smallest absolute Gasteiger partial charge is 0.272 e. The molecule has 0 spiro atoms. The highest BCUT2D eigenvalue weighted by atomic mass is 16.2. The van der Waals surface area contributed by atoms with Gasteiger partial charge in [-0.1, -0.05) is 30.3 Å². The van der Waals surface area contributed by atoms with Crippen LogP contribution in [-0.2, 0) is 13.0 Å². The fourth-order valence-corrected chi connectivity index (χ4v) is 3.41. The summed E-state index contributed by atoms with van der Waals surface area (Å²) in [5, 5.41) is 4.38. The summed E-state index contributed by atoms with van der Waals surface area (Å²) < 4.78 is 1.81. The maximum absolute atomic E-state index is 12.7. The monoisotopic (exact) mass is 311 g/mol. The Kier molecular flexibility index (Phi) is 4.79. The van der Waals surface area contributed by atoms with Crippen molar-refractivity contribution in [1.29, 1.82) is 0 Å². The molecule has 1 fully saturated rings. The van der Waals surface area contributed by atoms with Crippen LogP contribution >= 0.6 is 0 Å². The summed E-state index contributed by atoms with van der Waals surface area (Å²) in [4.78, 5) is 14.7. The summed E-state index contributed by atoms with van der Waals surface area (Å²) in [6, 6.07) is 12.6. The summed E-state index contributed by atoms with van der Waals surface area (Å²) >= 11 is 0. The molecule has 2 heterocycles. The summed E-state index contributed by atoms with van der Waals surface area (Å²) in [5.74, 6) is 0.810. The molecular weight excluding hydrogens is 286 g/mol. The first-order valence-electron chi connectivity index (χ1n) is 8.55. The van der Waals surface area contributed by atoms with E-state index in [4.69, 9.17) is 0 Å². The largest absolute Gasteiger partial charge is 0.337 e. The van der Waals surface area contributed by atoms with E-state index in [9.17, 15) is 4.79 Å². The van der Waals surface area contributed by atoms with Crippen LogP contribution < -0.4 is 0 Å². The van der Waals surface area contributed by atoms with Crippen LogP contribution in [0.1, 0.15) is 41.5 Å². The van der Waals surface area contributed by atoms with Crippen LogP contribution in [0.4, 0.5) is 0 Å². The summed E-state index contributed by atoms with van der Waals surface area (Å²) in [6.45, 7) is 6.40. The SMILES string of the molecule is CCn1nc(C)cc1C(=O)N1CCC(Cc2ccccc2)CC1. The minimum absolute atomic E-state index is 0.130. The molecule has 0 saturated carbocycles. The topological polar surface area (TPSA) is 38.1 Å². The fourth-order valence-electron chi connectivity index (χ4n) is 3.41. The number of benzene rings is 1. The summed E-state index contributed by atoms with van der Waals surface area (Å²) in [7, 11) is 0. The highest BCUT2D eigenvalue weighted by molar-refractivity contribution is 5.92. The van der Waals surface area contributed by atoms with Crippen LogP contribution in [0.25, 0.3) is 0 Å². The molecule has 122 valence electrons. The van der Waals surface area contributed by atoms with Crippen molar-refractivity contribution >= 4 is 5.91 Å². The zero-order valence-corrected chi connectivity index (χ0v) is 14.0. The molecule has 0 aliphatic carbocycles. The lowest BCUT2D eigenvalue weighted by Crippen LogP contribution is -2.39. The number of carbonyl (C=O) groups excluding carboxylic acids is 1. The number of hydrogen-bond donors (Lipinski definition) is 0. The summed E-state index contributed by atoms with van der Waals surface area (Å²) in [5.41, 5.74) is 3.04. The van der Waals surface area contributed by atoms with Gasteiger partial charge in [0.05, 0.1) is 5.69 Å². The maximum Gasteiger partial charge on any atom is 0.272 e. The van der Waals surface area contributed by atoms with Gasteiger partial charge in [0.15, 0.2) is 0 Å². The van der Waals surface area contributed by atoms with Gasteiger partial charge in [0.2, 0.25) is 0 Å². The molecule has 4 nitrogen and oxygen atoms in total. The van der Waals surface area contributed by atoms with Gasteiger partial charge in [0.25, 0.3) is 5.91 Å². The molecule has 1 aliphatic heterocycles. The van der Waals surface area contributed by atoms with E-state index < -0.39 is 0 Å². The van der Waals surface area contributed by atoms with Crippen LogP contribution in [0.15, 0.2) is 36.4 Å². The predicted molar refractivity (Wildman–Crippen MR) is 91.4 cm³/mol. The molecule has 0 N–H and O–H groups in total. The number of likely N-dealkylation sites (tertiary alicyclic amines) is 1. The fraction of sp³-hybridized carbons (Fsp3) is 0.474. The third-order valence-corrected chi connectivity index (χ3v) is 4.69. The van der Waals surface area contributed by atoms with Crippen molar-refractivity contribution in [3.05, 3.63) is 53.3 Å². The van der Waals surface area contributed by atoms with E-state index >= 15 is 0 Å². The second kappa shape index (κ2) is 6.99. The molecule has 1 aromatic carbocycles. The Balaban J connectivity index is 1.59. The molecule has 2 aromatic rings. The lowest BCUT2D eigenvalue weighted by atomic mass is 9.90. The number of amides is 1. The zero-order valence-electron chi connectivity index (χ0n) is 14.0. The third-order valence-electron chi connectivity index (χ3n) is 4.69. The number of aromatic nitrogens is 2. The van der Waals surface area contributed by atoms with Gasteiger partial charge in [-0.2, -0.15) is 5.10 Å². The minimum Gasteiger partial charge on any atom is -0.337 e. The van der Waals surface area contributed by atoms with Crippen molar-refractivity contribution in [1.82, 2.24) is 14.7 Å². The second-order valence-corrected chi connectivity index (χ2v) is 6.41. The Morgan fingerprint density at radius 1 is 1.22 bits per heavy atom. The number of hydrogen-bond acceptors (Lipinski definition) is 2. The maximum atomic E-state index is 12.7. The van der Waals surface area contributed by atoms with Gasteiger partial charge in [0.1, 0.15) is 5.69 Å². The van der Waals surface area contributed by atoms with Crippen molar-refractivity contribution in [3.63, 3.8) is 0 Å². The Morgan fingerprint density at radius 2 is 1.91 bits per heavy atom. The zero-order chi connectivity index (χ0) is 16.2. The number of carbonyl (C=O) groups is 1. The van der Waals surface area contributed by atoms with E-state index in [1.807, 2.05) is 29.5 Å². The predicted octanol–water partition coefficient (Wildman–Crippen LogP) is 3.31. The number of nitrogens with zero attached hydrogens (tertiary/aromatic N) is 3. The van der Waals surface area contributed by atoms with Gasteiger partial charge in [0, 0.05) is 19.6 Å². The average molecular weight is 311 g/mol. The first-order valence-corrected chi connectivity index (χ1v) is 8.55. The Morgan fingerprint density at radius 3 is 2.57 bits per heavy atom. The Bertz CT molecular complexity index is 655. The molecule has 0 unspecified atom stereocenters. The van der Waals surface area contributed by atoms with E-state index in [0.717, 1.165) is 50.3 Å². The van der Waals surface area contributed by atoms with Crippen LogP contribution in [0.2, 0.25) is 0 Å². The van der Waals surface area contributed by atoms with Gasteiger partial charge in [-0.05, 0) is 50.7 Å². The lowest BCUT2D eigenvalue weighted by Gasteiger charge is -2.32. The first kappa shape index (κ1) is 15.8. The van der Waals surface area contributed by atoms with E-state index in [1.54, 1.807) is 0 Å². The van der Waals surface area contributed by atoms with Gasteiger partial charge in [-0.3, -0.25) is 9.48 Å². The highest BCUT2D eigenvalue weighted by Crippen LogP contribution is 2.23. The Labute approximate surface area is 138 Å². The van der Waals surface area contributed by atoms with Crippen molar-refractivity contribution < 1.29 is 4.79 Å². The summed E-state index contributed by atoms with van der Waals surface area (Å²) in [6.07, 6.45) is 3.29. The van der Waals surface area contributed by atoms with Crippen LogP contribution in [0.5, 0.6) is 0 Å². The van der Waals surface area contributed by atoms with E-state index in [-0.39, 0.29) is 5.91 Å². The molecule has 0 bridgehead atoms. The molecule has 4 heteroatoms. The molecular formula is C19H25N3O. The van der Waals surface area contributed by atoms with Crippen molar-refractivity contribution in [3.8, 4) is 0 Å². The van der Waals surface area contributed by atoms with E-state index in [0.29, 0.717) is 5.92 Å². The van der Waals surface area contributed by atoms with E-state index in [1.165, 1.54) is 5.56 Å². The van der Waals surface area contributed by atoms with Gasteiger partial charge in [-0.15, -0.1) is 0 Å². The quantitative estimate of drug-likeness (QED) is 0.869. The molecule has 1 aliphatic rings. The van der Waals surface area contributed by atoms with Crippen molar-refractivity contribution in [2.75, 3.05) is 13.1 Å². The van der Waals surface area contributed by atoms with Crippen LogP contribution in [-0.4, -0.2) is 33.7 Å². The lowest BCUT2D eigenvalue weighted by molar-refractivity contribution is 0.0678. The van der Waals surface area contributed by atoms with Gasteiger partial charge in [-0.25, -0.2) is 0 Å². The molecule has 1 amide bonds. The second-order valence-electron chi connectivity index (χ2n) is 6.41. The Hall–Kier alpha value is -2.10. The number of piperidine rings is 1. The molecule has 23 heavy (non-hydrogen) atoms. The minimum atomic E-state index is 0.130. The molecule has 0 atom stereocenters. The number of rotatable bonds is 4. The standard InChI is InChI=1S/C19H25N3O/c1-3-22-18(13-15(2)20-22)19(23)21-11-9-17(10-12-21)14-16-7-5-4-6-8-16/h4-8,13,17H,3,9-12,14H2,1-2H3. The molecule has 3 rings (SSSR count). The first-order chi connectivity index (χ1) is 11.2. The van der Waals surface area contributed by atoms with Crippen LogP contribution in [0.3, 0.4) is 0 Å².